The molecule has 6 nitrogen and oxygen atoms in total. The number of aliphatic carboxylic acids is 1. The van der Waals surface area contributed by atoms with E-state index in [0.29, 0.717) is 17.2 Å². The zero-order valence-electron chi connectivity index (χ0n) is 8.25. The van der Waals surface area contributed by atoms with Crippen LogP contribution in [-0.4, -0.2) is 35.7 Å². The highest BCUT2D eigenvalue weighted by molar-refractivity contribution is 5.72. The fraction of sp³-hybridized carbons (Fsp3) is 0.300. The number of hydrogen-bond acceptors (Lipinski definition) is 5. The maximum Gasteiger partial charge on any atom is 0.336 e. The highest BCUT2D eigenvalue weighted by atomic mass is 16.7. The molecular formula is C10H10O6. The second-order valence-electron chi connectivity index (χ2n) is 3.18. The van der Waals surface area contributed by atoms with Crippen molar-refractivity contribution < 1.29 is 29.2 Å². The molecule has 0 saturated heterocycles. The van der Waals surface area contributed by atoms with Crippen molar-refractivity contribution in [2.75, 3.05) is 13.4 Å². The third-order valence-electron chi connectivity index (χ3n) is 2.04. The molecule has 0 saturated carbocycles. The fourth-order valence-electron chi connectivity index (χ4n) is 1.21. The number of benzene rings is 1. The molecular weight excluding hydrogens is 216 g/mol. The molecule has 0 bridgehead atoms. The molecule has 2 N–H and O–H groups in total. The first-order valence-electron chi connectivity index (χ1n) is 4.60. The van der Waals surface area contributed by atoms with E-state index in [2.05, 4.69) is 0 Å². The van der Waals surface area contributed by atoms with Crippen molar-refractivity contribution in [1.29, 1.82) is 0 Å². The van der Waals surface area contributed by atoms with Gasteiger partial charge < -0.3 is 24.4 Å². The summed E-state index contributed by atoms with van der Waals surface area (Å²) in [5, 5.41) is 17.4. The molecule has 0 aromatic heterocycles. The lowest BCUT2D eigenvalue weighted by Crippen LogP contribution is -2.26. The van der Waals surface area contributed by atoms with E-state index in [1.54, 1.807) is 18.2 Å². The Kier molecular flexibility index (Phi) is 2.82. The minimum absolute atomic E-state index is 0.163. The van der Waals surface area contributed by atoms with Crippen molar-refractivity contribution in [2.24, 2.45) is 0 Å². The Morgan fingerprint density at radius 3 is 2.94 bits per heavy atom. The third kappa shape index (κ3) is 2.17. The van der Waals surface area contributed by atoms with Gasteiger partial charge in [0.05, 0.1) is 0 Å². The van der Waals surface area contributed by atoms with Crippen LogP contribution in [0.4, 0.5) is 0 Å². The molecule has 0 amide bonds. The van der Waals surface area contributed by atoms with Crippen molar-refractivity contribution in [3.8, 4) is 17.2 Å². The van der Waals surface area contributed by atoms with Gasteiger partial charge in [-0.3, -0.25) is 0 Å². The summed E-state index contributed by atoms with van der Waals surface area (Å²) in [6, 6.07) is 4.85. The summed E-state index contributed by atoms with van der Waals surface area (Å²) in [5.74, 6) is 0.263. The predicted octanol–water partition coefficient (Wildman–Crippen LogP) is 0.240. The van der Waals surface area contributed by atoms with Crippen LogP contribution in [0.5, 0.6) is 17.2 Å². The van der Waals surface area contributed by atoms with Gasteiger partial charge in [0.1, 0.15) is 12.4 Å². The first-order chi connectivity index (χ1) is 7.66. The second-order valence-corrected chi connectivity index (χ2v) is 3.18. The zero-order valence-corrected chi connectivity index (χ0v) is 8.25. The van der Waals surface area contributed by atoms with Gasteiger partial charge in [-0.05, 0) is 12.1 Å². The maximum atomic E-state index is 10.3. The highest BCUT2D eigenvalue weighted by Gasteiger charge is 2.16. The van der Waals surface area contributed by atoms with Crippen LogP contribution < -0.4 is 14.2 Å². The van der Waals surface area contributed by atoms with Crippen LogP contribution in [0.3, 0.4) is 0 Å². The molecule has 2 rings (SSSR count). The number of aliphatic hydroxyl groups excluding tert-OH is 1. The number of carboxylic acid groups (broad SMARTS) is 1. The lowest BCUT2D eigenvalue weighted by atomic mass is 10.3. The summed E-state index contributed by atoms with van der Waals surface area (Å²) in [5.41, 5.74) is 0. The van der Waals surface area contributed by atoms with Gasteiger partial charge in [-0.15, -0.1) is 0 Å². The smallest absolute Gasteiger partial charge is 0.336 e. The summed E-state index contributed by atoms with van der Waals surface area (Å²) in [7, 11) is 0. The average Bonchev–Trinajstić information content (AvgIpc) is 2.72. The molecule has 86 valence electrons. The van der Waals surface area contributed by atoms with Gasteiger partial charge in [-0.2, -0.15) is 0 Å². The molecule has 1 aliphatic rings. The molecule has 0 aliphatic carbocycles. The van der Waals surface area contributed by atoms with Gasteiger partial charge in [0.15, 0.2) is 17.6 Å². The summed E-state index contributed by atoms with van der Waals surface area (Å²) < 4.78 is 15.3. The summed E-state index contributed by atoms with van der Waals surface area (Å²) in [6.07, 6.45) is -1.54. The Balaban J connectivity index is 1.98. The third-order valence-corrected chi connectivity index (χ3v) is 2.04. The van der Waals surface area contributed by atoms with Crippen LogP contribution in [0.15, 0.2) is 18.2 Å². The van der Waals surface area contributed by atoms with Crippen LogP contribution >= 0.6 is 0 Å². The molecule has 0 fully saturated rings. The van der Waals surface area contributed by atoms with E-state index < -0.39 is 12.1 Å². The fourth-order valence-corrected chi connectivity index (χ4v) is 1.21. The van der Waals surface area contributed by atoms with E-state index in [4.69, 9.17) is 24.4 Å². The van der Waals surface area contributed by atoms with Crippen LogP contribution in [0.2, 0.25) is 0 Å². The summed E-state index contributed by atoms with van der Waals surface area (Å²) >= 11 is 0. The number of fused-ring (bicyclic) bond motifs is 1. The van der Waals surface area contributed by atoms with E-state index in [1.807, 2.05) is 0 Å². The van der Waals surface area contributed by atoms with Crippen LogP contribution in [0.1, 0.15) is 0 Å². The molecule has 1 atom stereocenters. The number of carboxylic acids is 1. The molecule has 6 heteroatoms. The van der Waals surface area contributed by atoms with Crippen molar-refractivity contribution in [2.45, 2.75) is 6.10 Å². The van der Waals surface area contributed by atoms with E-state index in [0.717, 1.165) is 0 Å². The Morgan fingerprint density at radius 1 is 1.44 bits per heavy atom. The Hall–Kier alpha value is -1.95. The minimum atomic E-state index is -1.54. The van der Waals surface area contributed by atoms with E-state index in [-0.39, 0.29) is 13.4 Å². The van der Waals surface area contributed by atoms with Gasteiger partial charge in [0.2, 0.25) is 6.79 Å². The molecule has 1 aromatic carbocycles. The molecule has 0 spiro atoms. The first kappa shape index (κ1) is 10.6. The second kappa shape index (κ2) is 4.28. The van der Waals surface area contributed by atoms with Crippen molar-refractivity contribution in [3.05, 3.63) is 18.2 Å². The SMILES string of the molecule is O=C(O)C(O)COc1ccc2c(c1)OCO2. The zero-order chi connectivity index (χ0) is 11.5. The topological polar surface area (TPSA) is 85.2 Å². The van der Waals surface area contributed by atoms with E-state index in [9.17, 15) is 4.79 Å². The van der Waals surface area contributed by atoms with Crippen LogP contribution in [-0.2, 0) is 4.79 Å². The summed E-state index contributed by atoms with van der Waals surface area (Å²) in [6.45, 7) is -0.147. The van der Waals surface area contributed by atoms with Crippen molar-refractivity contribution in [1.82, 2.24) is 0 Å². The molecule has 0 radical (unpaired) electrons. The van der Waals surface area contributed by atoms with Crippen molar-refractivity contribution >= 4 is 5.97 Å². The number of carbonyl (C=O) groups is 1. The lowest BCUT2D eigenvalue weighted by molar-refractivity contribution is -0.148. The number of aliphatic hydroxyl groups is 1. The van der Waals surface area contributed by atoms with E-state index >= 15 is 0 Å². The average molecular weight is 226 g/mol. The summed E-state index contributed by atoms with van der Waals surface area (Å²) in [4.78, 5) is 10.3. The standard InChI is InChI=1S/C10H10O6/c11-7(10(12)13)4-14-6-1-2-8-9(3-6)16-5-15-8/h1-3,7,11H,4-5H2,(H,12,13). The van der Waals surface area contributed by atoms with Gasteiger partial charge in [0.25, 0.3) is 0 Å². The number of ether oxygens (including phenoxy) is 3. The van der Waals surface area contributed by atoms with Crippen LogP contribution in [0, 0.1) is 0 Å². The van der Waals surface area contributed by atoms with Crippen LogP contribution in [0.25, 0.3) is 0 Å². The van der Waals surface area contributed by atoms with Gasteiger partial charge in [-0.25, -0.2) is 4.79 Å². The van der Waals surface area contributed by atoms with Gasteiger partial charge >= 0.3 is 5.97 Å². The quantitative estimate of drug-likeness (QED) is 0.764. The molecule has 1 unspecified atom stereocenters. The first-order valence-corrected chi connectivity index (χ1v) is 4.60. The normalized spacial score (nSPS) is 14.6. The number of rotatable bonds is 4. The number of hydrogen-bond donors (Lipinski definition) is 2. The molecule has 1 heterocycles. The molecule has 1 aromatic rings. The minimum Gasteiger partial charge on any atom is -0.490 e. The predicted molar refractivity (Wildman–Crippen MR) is 51.7 cm³/mol. The lowest BCUT2D eigenvalue weighted by Gasteiger charge is -2.08. The Labute approximate surface area is 91.0 Å². The maximum absolute atomic E-state index is 10.3. The molecule has 1 aliphatic heterocycles. The van der Waals surface area contributed by atoms with Crippen molar-refractivity contribution in [3.63, 3.8) is 0 Å². The van der Waals surface area contributed by atoms with E-state index in [1.165, 1.54) is 0 Å². The highest BCUT2D eigenvalue weighted by Crippen LogP contribution is 2.35. The van der Waals surface area contributed by atoms with Gasteiger partial charge in [0, 0.05) is 6.07 Å². The largest absolute Gasteiger partial charge is 0.490 e. The van der Waals surface area contributed by atoms with Gasteiger partial charge in [-0.1, -0.05) is 0 Å². The Bertz CT molecular complexity index is 402. The Morgan fingerprint density at radius 2 is 2.19 bits per heavy atom. The molecule has 16 heavy (non-hydrogen) atoms. The monoisotopic (exact) mass is 226 g/mol.